The maximum atomic E-state index is 5.09. The van der Waals surface area contributed by atoms with Gasteiger partial charge in [0.25, 0.3) is 0 Å². The van der Waals surface area contributed by atoms with Gasteiger partial charge in [-0.2, -0.15) is 0 Å². The molecule has 1 aromatic carbocycles. The minimum Gasteiger partial charge on any atom is -0.323 e. The number of imidazole rings is 1. The second-order valence-electron chi connectivity index (χ2n) is 6.41. The van der Waals surface area contributed by atoms with Crippen molar-refractivity contribution in [3.63, 3.8) is 0 Å². The summed E-state index contributed by atoms with van der Waals surface area (Å²) in [5.41, 5.74) is 4.07. The van der Waals surface area contributed by atoms with Crippen LogP contribution in [0.15, 0.2) is 54.2 Å². The van der Waals surface area contributed by atoms with Gasteiger partial charge in [-0.1, -0.05) is 19.4 Å². The largest absolute Gasteiger partial charge is 0.323 e. The van der Waals surface area contributed by atoms with Gasteiger partial charge in [-0.25, -0.2) is 4.98 Å². The fourth-order valence-corrected chi connectivity index (χ4v) is 4.33. The summed E-state index contributed by atoms with van der Waals surface area (Å²) in [6.07, 6.45) is 5.94. The van der Waals surface area contributed by atoms with E-state index in [9.17, 15) is 0 Å². The number of unbranched alkanes of at least 4 members (excludes halogenated alkanes) is 1. The van der Waals surface area contributed by atoms with Gasteiger partial charge < -0.3 is 4.57 Å². The van der Waals surface area contributed by atoms with E-state index in [1.807, 2.05) is 24.5 Å². The van der Waals surface area contributed by atoms with E-state index in [1.54, 1.807) is 11.3 Å². The molecule has 0 saturated carbocycles. The molecular weight excluding hydrogens is 340 g/mol. The summed E-state index contributed by atoms with van der Waals surface area (Å²) in [6, 6.07) is 12.5. The van der Waals surface area contributed by atoms with Crippen LogP contribution in [0.2, 0.25) is 0 Å². The second kappa shape index (κ2) is 6.18. The molecule has 5 heteroatoms. The fraction of sp³-hybridized carbons (Fsp3) is 0.190. The summed E-state index contributed by atoms with van der Waals surface area (Å²) in [7, 11) is 0. The predicted octanol–water partition coefficient (Wildman–Crippen LogP) is 5.66. The predicted molar refractivity (Wildman–Crippen MR) is 109 cm³/mol. The molecule has 0 aliphatic carbocycles. The molecule has 0 amide bonds. The van der Waals surface area contributed by atoms with Gasteiger partial charge in [0.2, 0.25) is 0 Å². The number of benzene rings is 1. The van der Waals surface area contributed by atoms with E-state index in [2.05, 4.69) is 51.1 Å². The van der Waals surface area contributed by atoms with Gasteiger partial charge in [0, 0.05) is 29.7 Å². The van der Waals surface area contributed by atoms with Crippen LogP contribution in [0.5, 0.6) is 0 Å². The summed E-state index contributed by atoms with van der Waals surface area (Å²) >= 11 is 1.74. The summed E-state index contributed by atoms with van der Waals surface area (Å²) < 4.78 is 2.38. The van der Waals surface area contributed by atoms with Crippen LogP contribution in [0.4, 0.5) is 0 Å². The van der Waals surface area contributed by atoms with Crippen molar-refractivity contribution in [1.82, 2.24) is 19.5 Å². The van der Waals surface area contributed by atoms with Gasteiger partial charge >= 0.3 is 0 Å². The first-order valence-electron chi connectivity index (χ1n) is 8.94. The van der Waals surface area contributed by atoms with Crippen molar-refractivity contribution in [3.8, 4) is 10.7 Å². The first-order valence-corrected chi connectivity index (χ1v) is 9.82. The Morgan fingerprint density at radius 1 is 0.923 bits per heavy atom. The van der Waals surface area contributed by atoms with Crippen molar-refractivity contribution in [2.75, 3.05) is 0 Å². The van der Waals surface area contributed by atoms with Crippen LogP contribution in [0.1, 0.15) is 19.8 Å². The maximum absolute atomic E-state index is 5.09. The minimum atomic E-state index is 0.925. The Hall–Kier alpha value is -2.79. The lowest BCUT2D eigenvalue weighted by atomic mass is 10.1. The highest BCUT2D eigenvalue weighted by Gasteiger charge is 2.19. The van der Waals surface area contributed by atoms with Crippen LogP contribution in [-0.2, 0) is 6.54 Å². The number of thiophene rings is 1. The summed E-state index contributed by atoms with van der Waals surface area (Å²) in [5, 5.41) is 4.31. The van der Waals surface area contributed by atoms with E-state index in [0.717, 1.165) is 52.5 Å². The molecule has 5 rings (SSSR count). The highest BCUT2D eigenvalue weighted by molar-refractivity contribution is 7.13. The van der Waals surface area contributed by atoms with Crippen LogP contribution in [0.25, 0.3) is 43.5 Å². The van der Waals surface area contributed by atoms with Crippen molar-refractivity contribution >= 4 is 44.2 Å². The number of rotatable bonds is 4. The normalized spacial score (nSPS) is 11.7. The molecule has 0 bridgehead atoms. The topological polar surface area (TPSA) is 43.6 Å². The van der Waals surface area contributed by atoms with Gasteiger partial charge in [0.15, 0.2) is 5.82 Å². The number of hydrogen-bond donors (Lipinski definition) is 0. The molecule has 0 aliphatic heterocycles. The quantitative estimate of drug-likeness (QED) is 0.389. The number of fused-ring (bicyclic) bond motifs is 6. The van der Waals surface area contributed by atoms with Gasteiger partial charge in [-0.3, -0.25) is 9.97 Å². The molecule has 0 fully saturated rings. The Labute approximate surface area is 155 Å². The highest BCUT2D eigenvalue weighted by atomic mass is 32.1. The van der Waals surface area contributed by atoms with E-state index in [0.29, 0.717) is 0 Å². The van der Waals surface area contributed by atoms with E-state index < -0.39 is 0 Å². The first-order chi connectivity index (χ1) is 12.9. The third kappa shape index (κ3) is 2.24. The van der Waals surface area contributed by atoms with Gasteiger partial charge in [0.05, 0.1) is 26.9 Å². The maximum Gasteiger partial charge on any atom is 0.151 e. The number of hydrogen-bond acceptors (Lipinski definition) is 4. The average molecular weight is 358 g/mol. The number of pyridine rings is 2. The van der Waals surface area contributed by atoms with Crippen LogP contribution in [-0.4, -0.2) is 19.5 Å². The highest BCUT2D eigenvalue weighted by Crippen LogP contribution is 2.36. The SMILES string of the molecule is CCCCn1c(-c2cccs2)nc2c3cccnc3c3ncccc3c21. The Morgan fingerprint density at radius 3 is 2.42 bits per heavy atom. The van der Waals surface area contributed by atoms with Crippen LogP contribution < -0.4 is 0 Å². The molecule has 0 N–H and O–H groups in total. The number of nitrogens with zero attached hydrogens (tertiary/aromatic N) is 4. The molecule has 4 heterocycles. The van der Waals surface area contributed by atoms with Crippen molar-refractivity contribution in [2.45, 2.75) is 26.3 Å². The van der Waals surface area contributed by atoms with Crippen LogP contribution >= 0.6 is 11.3 Å². The molecule has 0 unspecified atom stereocenters. The monoisotopic (exact) mass is 358 g/mol. The summed E-state index contributed by atoms with van der Waals surface area (Å²) in [6.45, 7) is 3.18. The Kier molecular flexibility index (Phi) is 3.68. The minimum absolute atomic E-state index is 0.925. The first kappa shape index (κ1) is 15.5. The fourth-order valence-electron chi connectivity index (χ4n) is 3.61. The lowest BCUT2D eigenvalue weighted by molar-refractivity contribution is 0.652. The molecule has 128 valence electrons. The van der Waals surface area contributed by atoms with Gasteiger partial charge in [-0.05, 0) is 42.1 Å². The molecular formula is C21H18N4S. The van der Waals surface area contributed by atoms with E-state index in [1.165, 1.54) is 10.4 Å². The molecule has 26 heavy (non-hydrogen) atoms. The van der Waals surface area contributed by atoms with E-state index >= 15 is 0 Å². The van der Waals surface area contributed by atoms with E-state index in [-0.39, 0.29) is 0 Å². The third-order valence-corrected chi connectivity index (χ3v) is 5.66. The molecule has 4 aromatic heterocycles. The Morgan fingerprint density at radius 2 is 1.69 bits per heavy atom. The third-order valence-electron chi connectivity index (χ3n) is 4.79. The Balaban J connectivity index is 1.99. The number of aryl methyl sites for hydroxylation is 1. The van der Waals surface area contributed by atoms with Crippen molar-refractivity contribution in [2.24, 2.45) is 0 Å². The van der Waals surface area contributed by atoms with Gasteiger partial charge in [0.1, 0.15) is 0 Å². The zero-order valence-corrected chi connectivity index (χ0v) is 15.3. The van der Waals surface area contributed by atoms with Crippen molar-refractivity contribution in [3.05, 3.63) is 54.2 Å². The zero-order chi connectivity index (χ0) is 17.5. The van der Waals surface area contributed by atoms with Crippen LogP contribution in [0, 0.1) is 0 Å². The molecule has 0 atom stereocenters. The second-order valence-corrected chi connectivity index (χ2v) is 7.36. The summed E-state index contributed by atoms with van der Waals surface area (Å²) in [4.78, 5) is 15.6. The Bertz CT molecular complexity index is 1220. The van der Waals surface area contributed by atoms with E-state index in [4.69, 9.17) is 4.98 Å². The lowest BCUT2D eigenvalue weighted by Crippen LogP contribution is -2.00. The molecule has 5 aromatic rings. The summed E-state index contributed by atoms with van der Waals surface area (Å²) in [5.74, 6) is 1.05. The molecule has 0 spiro atoms. The average Bonchev–Trinajstić information content (AvgIpc) is 3.34. The molecule has 4 nitrogen and oxygen atoms in total. The number of aromatic nitrogens is 4. The standard InChI is InChI=1S/C21H18N4S/c1-2-3-12-25-20-15-8-5-11-23-18(15)17-14(7-4-10-22-17)19(20)24-21(25)16-9-6-13-26-16/h4-11,13H,2-3,12H2,1H3. The van der Waals surface area contributed by atoms with Crippen molar-refractivity contribution < 1.29 is 0 Å². The molecule has 0 aliphatic rings. The lowest BCUT2D eigenvalue weighted by Gasteiger charge is -2.10. The van der Waals surface area contributed by atoms with Crippen LogP contribution in [0.3, 0.4) is 0 Å². The molecule has 0 radical (unpaired) electrons. The van der Waals surface area contributed by atoms with Crippen molar-refractivity contribution in [1.29, 1.82) is 0 Å². The van der Waals surface area contributed by atoms with Gasteiger partial charge in [-0.15, -0.1) is 11.3 Å². The zero-order valence-electron chi connectivity index (χ0n) is 14.5. The molecule has 0 saturated heterocycles. The smallest absolute Gasteiger partial charge is 0.151 e.